The monoisotopic (exact) mass is 316 g/mol. The van der Waals surface area contributed by atoms with Gasteiger partial charge in [0.05, 0.1) is 5.69 Å². The van der Waals surface area contributed by atoms with Crippen molar-refractivity contribution in [2.45, 2.75) is 52.4 Å². The Labute approximate surface area is 139 Å². The second kappa shape index (κ2) is 7.28. The summed E-state index contributed by atoms with van der Waals surface area (Å²) in [6.45, 7) is 7.36. The molecule has 1 amide bonds. The van der Waals surface area contributed by atoms with Crippen LogP contribution < -0.4 is 4.90 Å². The molecule has 2 fully saturated rings. The van der Waals surface area contributed by atoms with E-state index >= 15 is 0 Å². The van der Waals surface area contributed by atoms with E-state index in [4.69, 9.17) is 0 Å². The van der Waals surface area contributed by atoms with Gasteiger partial charge in [-0.1, -0.05) is 25.7 Å². The Balaban J connectivity index is 1.47. The highest BCUT2D eigenvalue weighted by atomic mass is 16.2. The molecule has 23 heavy (non-hydrogen) atoms. The average molecular weight is 316 g/mol. The average Bonchev–Trinajstić information content (AvgIpc) is 3.09. The molecule has 0 spiro atoms. The summed E-state index contributed by atoms with van der Waals surface area (Å²) < 4.78 is 0. The number of hydrogen-bond acceptors (Lipinski definition) is 4. The maximum atomic E-state index is 12.4. The minimum Gasteiger partial charge on any atom is -0.352 e. The molecule has 1 aromatic heterocycles. The van der Waals surface area contributed by atoms with E-state index in [2.05, 4.69) is 28.1 Å². The molecule has 1 aromatic rings. The number of anilines is 1. The summed E-state index contributed by atoms with van der Waals surface area (Å²) in [6, 6.07) is 2.10. The van der Waals surface area contributed by atoms with E-state index in [-0.39, 0.29) is 0 Å². The molecule has 0 radical (unpaired) electrons. The number of aryl methyl sites for hydroxylation is 2. The third-order valence-corrected chi connectivity index (χ3v) is 5.42. The Morgan fingerprint density at radius 2 is 1.83 bits per heavy atom. The van der Waals surface area contributed by atoms with Crippen molar-refractivity contribution >= 4 is 11.7 Å². The van der Waals surface area contributed by atoms with Crippen molar-refractivity contribution in [3.05, 3.63) is 17.3 Å². The highest BCUT2D eigenvalue weighted by Gasteiger charge is 2.23. The van der Waals surface area contributed by atoms with Crippen molar-refractivity contribution in [1.29, 1.82) is 0 Å². The third-order valence-electron chi connectivity index (χ3n) is 5.42. The number of aromatic nitrogens is 2. The predicted molar refractivity (Wildman–Crippen MR) is 91.5 cm³/mol. The molecule has 1 saturated carbocycles. The summed E-state index contributed by atoms with van der Waals surface area (Å²) in [6.07, 6.45) is 7.18. The van der Waals surface area contributed by atoms with Crippen LogP contribution in [0.1, 0.15) is 49.8 Å². The Morgan fingerprint density at radius 1 is 1.13 bits per heavy atom. The smallest absolute Gasteiger partial charge is 0.222 e. The lowest BCUT2D eigenvalue weighted by Crippen LogP contribution is -2.49. The molecule has 0 atom stereocenters. The van der Waals surface area contributed by atoms with Gasteiger partial charge in [-0.15, -0.1) is 5.10 Å². The van der Waals surface area contributed by atoms with Crippen molar-refractivity contribution in [1.82, 2.24) is 15.1 Å². The molecule has 3 rings (SSSR count). The fourth-order valence-corrected chi connectivity index (χ4v) is 3.66. The molecular weight excluding hydrogens is 288 g/mol. The first-order valence-electron chi connectivity index (χ1n) is 8.97. The Hall–Kier alpha value is -1.65. The quantitative estimate of drug-likeness (QED) is 0.857. The normalized spacial score (nSPS) is 19.4. The van der Waals surface area contributed by atoms with Crippen LogP contribution in [0.15, 0.2) is 6.07 Å². The molecular formula is C18H28N4O. The number of carbonyl (C=O) groups is 1. The van der Waals surface area contributed by atoms with Crippen LogP contribution in [0.3, 0.4) is 0 Å². The molecule has 0 N–H and O–H groups in total. The highest BCUT2D eigenvalue weighted by molar-refractivity contribution is 5.76. The second-order valence-corrected chi connectivity index (χ2v) is 7.03. The Bertz CT molecular complexity index is 546. The number of carbonyl (C=O) groups excluding carboxylic acids is 1. The molecule has 0 bridgehead atoms. The Kier molecular flexibility index (Phi) is 5.13. The first kappa shape index (κ1) is 16.2. The maximum Gasteiger partial charge on any atom is 0.222 e. The number of hydrogen-bond donors (Lipinski definition) is 0. The molecule has 0 aromatic carbocycles. The zero-order chi connectivity index (χ0) is 16.2. The number of nitrogens with zero attached hydrogens (tertiary/aromatic N) is 4. The lowest BCUT2D eigenvalue weighted by Gasteiger charge is -2.35. The van der Waals surface area contributed by atoms with E-state index in [0.29, 0.717) is 5.91 Å². The van der Waals surface area contributed by atoms with Crippen LogP contribution in [0, 0.1) is 19.8 Å². The van der Waals surface area contributed by atoms with Gasteiger partial charge in [-0.3, -0.25) is 4.79 Å². The van der Waals surface area contributed by atoms with Gasteiger partial charge in [0.2, 0.25) is 5.91 Å². The van der Waals surface area contributed by atoms with E-state index in [0.717, 1.165) is 56.5 Å². The predicted octanol–water partition coefficient (Wildman–Crippen LogP) is 2.71. The lowest BCUT2D eigenvalue weighted by molar-refractivity contribution is -0.131. The largest absolute Gasteiger partial charge is 0.352 e. The van der Waals surface area contributed by atoms with E-state index in [1.807, 2.05) is 11.8 Å². The SMILES string of the molecule is Cc1cc(N2CCN(C(=O)CCC3CCCC3)CC2)nnc1C. The van der Waals surface area contributed by atoms with Crippen molar-refractivity contribution in [2.75, 3.05) is 31.1 Å². The zero-order valence-corrected chi connectivity index (χ0v) is 14.4. The summed E-state index contributed by atoms with van der Waals surface area (Å²) in [7, 11) is 0. The standard InChI is InChI=1S/C18H28N4O/c1-14-13-17(20-19-15(14)2)21-9-11-22(12-10-21)18(23)8-7-16-5-3-4-6-16/h13,16H,3-12H2,1-2H3. The summed E-state index contributed by atoms with van der Waals surface area (Å²) in [4.78, 5) is 16.6. The molecule has 0 unspecified atom stereocenters. The summed E-state index contributed by atoms with van der Waals surface area (Å²) in [5.74, 6) is 2.07. The number of piperazine rings is 1. The first-order chi connectivity index (χ1) is 11.1. The van der Waals surface area contributed by atoms with Crippen molar-refractivity contribution < 1.29 is 4.79 Å². The molecule has 5 nitrogen and oxygen atoms in total. The van der Waals surface area contributed by atoms with Gasteiger partial charge >= 0.3 is 0 Å². The van der Waals surface area contributed by atoms with Crippen molar-refractivity contribution in [3.63, 3.8) is 0 Å². The zero-order valence-electron chi connectivity index (χ0n) is 14.4. The molecule has 1 saturated heterocycles. The van der Waals surface area contributed by atoms with Gasteiger partial charge in [-0.05, 0) is 37.8 Å². The van der Waals surface area contributed by atoms with Gasteiger partial charge in [0.15, 0.2) is 5.82 Å². The number of rotatable bonds is 4. The first-order valence-corrected chi connectivity index (χ1v) is 8.97. The van der Waals surface area contributed by atoms with Crippen molar-refractivity contribution in [3.8, 4) is 0 Å². The minimum atomic E-state index is 0.336. The van der Waals surface area contributed by atoms with E-state index in [1.54, 1.807) is 0 Å². The summed E-state index contributed by atoms with van der Waals surface area (Å²) in [5, 5.41) is 8.50. The van der Waals surface area contributed by atoms with Crippen LogP contribution in [0.4, 0.5) is 5.82 Å². The Morgan fingerprint density at radius 3 is 2.48 bits per heavy atom. The van der Waals surface area contributed by atoms with Crippen LogP contribution in [0.25, 0.3) is 0 Å². The van der Waals surface area contributed by atoms with Crippen LogP contribution in [0.5, 0.6) is 0 Å². The molecule has 2 aliphatic rings. The van der Waals surface area contributed by atoms with Crippen LogP contribution in [-0.4, -0.2) is 47.2 Å². The van der Waals surface area contributed by atoms with E-state index in [9.17, 15) is 4.79 Å². The van der Waals surface area contributed by atoms with Crippen LogP contribution in [-0.2, 0) is 4.79 Å². The lowest BCUT2D eigenvalue weighted by atomic mass is 10.0. The summed E-state index contributed by atoms with van der Waals surface area (Å²) >= 11 is 0. The van der Waals surface area contributed by atoms with Gasteiger partial charge in [0.1, 0.15) is 0 Å². The fourth-order valence-electron chi connectivity index (χ4n) is 3.66. The maximum absolute atomic E-state index is 12.4. The van der Waals surface area contributed by atoms with Crippen LogP contribution >= 0.6 is 0 Å². The minimum absolute atomic E-state index is 0.336. The molecule has 1 aliphatic heterocycles. The third kappa shape index (κ3) is 4.01. The van der Waals surface area contributed by atoms with Crippen LogP contribution in [0.2, 0.25) is 0 Å². The second-order valence-electron chi connectivity index (χ2n) is 7.03. The van der Waals surface area contributed by atoms with Gasteiger partial charge in [-0.25, -0.2) is 0 Å². The summed E-state index contributed by atoms with van der Waals surface area (Å²) in [5.41, 5.74) is 2.15. The van der Waals surface area contributed by atoms with Gasteiger partial charge < -0.3 is 9.80 Å². The van der Waals surface area contributed by atoms with Crippen molar-refractivity contribution in [2.24, 2.45) is 5.92 Å². The molecule has 126 valence electrons. The highest BCUT2D eigenvalue weighted by Crippen LogP contribution is 2.28. The topological polar surface area (TPSA) is 49.3 Å². The van der Waals surface area contributed by atoms with Gasteiger partial charge in [-0.2, -0.15) is 5.10 Å². The fraction of sp³-hybridized carbons (Fsp3) is 0.722. The molecule has 5 heteroatoms. The van der Waals surface area contributed by atoms with E-state index < -0.39 is 0 Å². The van der Waals surface area contributed by atoms with E-state index in [1.165, 1.54) is 31.2 Å². The van der Waals surface area contributed by atoms with Gasteiger partial charge in [0, 0.05) is 32.6 Å². The molecule has 1 aliphatic carbocycles. The molecule has 2 heterocycles. The van der Waals surface area contributed by atoms with Gasteiger partial charge in [0.25, 0.3) is 0 Å². The number of amides is 1.